The predicted octanol–water partition coefficient (Wildman–Crippen LogP) is -2.48. The second-order valence-electron chi connectivity index (χ2n) is 3.64. The molecule has 0 spiro atoms. The lowest BCUT2D eigenvalue weighted by atomic mass is 9.94. The van der Waals surface area contributed by atoms with E-state index in [4.69, 9.17) is 0 Å². The van der Waals surface area contributed by atoms with E-state index in [1.54, 1.807) is 0 Å². The average molecular weight is 175 g/mol. The molecule has 2 saturated heterocycles. The zero-order valence-electron chi connectivity index (χ0n) is 6.51. The summed E-state index contributed by atoms with van der Waals surface area (Å²) in [5.74, 6) is 0. The van der Waals surface area contributed by atoms with Gasteiger partial charge in [0.1, 0.15) is 17.9 Å². The quantitative estimate of drug-likeness (QED) is 0.281. The first-order chi connectivity index (χ1) is 5.54. The van der Waals surface area contributed by atoms with Gasteiger partial charge in [0.05, 0.1) is 6.10 Å². The highest BCUT2D eigenvalue weighted by Crippen LogP contribution is 2.34. The van der Waals surface area contributed by atoms with Gasteiger partial charge >= 0.3 is 0 Å². The molecule has 2 bridgehead atoms. The van der Waals surface area contributed by atoms with Crippen LogP contribution in [0.3, 0.4) is 0 Å². The van der Waals surface area contributed by atoms with Crippen LogP contribution in [0.5, 0.6) is 0 Å². The first kappa shape index (κ1) is 8.40. The van der Waals surface area contributed by atoms with Gasteiger partial charge in [0.2, 0.25) is 0 Å². The maximum Gasteiger partial charge on any atom is 0.145 e. The second kappa shape index (κ2) is 2.40. The maximum atomic E-state index is 9.65. The summed E-state index contributed by atoms with van der Waals surface area (Å²) in [5, 5.41) is 40.4. The summed E-state index contributed by atoms with van der Waals surface area (Å²) >= 11 is 0. The summed E-state index contributed by atoms with van der Waals surface area (Å²) in [6.07, 6.45) is -2.59. The summed E-state index contributed by atoms with van der Waals surface area (Å²) in [6, 6.07) is -0.298. The molecule has 0 unspecified atom stereocenters. The van der Waals surface area contributed by atoms with Crippen LogP contribution in [0.4, 0.5) is 0 Å². The second-order valence-corrected chi connectivity index (χ2v) is 3.64. The number of hydrogen-bond acceptors (Lipinski definition) is 5. The van der Waals surface area contributed by atoms with Gasteiger partial charge in [-0.1, -0.05) is 0 Å². The summed E-state index contributed by atoms with van der Waals surface area (Å²) in [7, 11) is 0. The van der Waals surface area contributed by atoms with Gasteiger partial charge in [-0.15, -0.1) is 0 Å². The van der Waals surface area contributed by atoms with Crippen molar-refractivity contribution in [3.63, 3.8) is 0 Å². The van der Waals surface area contributed by atoms with Gasteiger partial charge in [0, 0.05) is 6.04 Å². The van der Waals surface area contributed by atoms with E-state index in [0.29, 0.717) is 12.8 Å². The van der Waals surface area contributed by atoms with Crippen LogP contribution in [0.15, 0.2) is 0 Å². The molecule has 5 atom stereocenters. The van der Waals surface area contributed by atoms with E-state index in [-0.39, 0.29) is 6.04 Å². The molecule has 2 heterocycles. The lowest BCUT2D eigenvalue weighted by Gasteiger charge is -2.40. The van der Waals surface area contributed by atoms with E-state index < -0.39 is 24.0 Å². The van der Waals surface area contributed by atoms with Crippen LogP contribution in [0.2, 0.25) is 0 Å². The molecule has 0 aromatic carbocycles. The fourth-order valence-corrected chi connectivity index (χ4v) is 2.04. The number of fused-ring (bicyclic) bond motifs is 2. The Morgan fingerprint density at radius 2 is 1.83 bits per heavy atom. The Labute approximate surface area is 69.6 Å². The number of piperidine rings is 1. The fourth-order valence-electron chi connectivity index (χ4n) is 2.04. The van der Waals surface area contributed by atoms with Crippen molar-refractivity contribution in [3.8, 4) is 0 Å². The molecular weight excluding hydrogens is 162 g/mol. The van der Waals surface area contributed by atoms with Crippen LogP contribution < -0.4 is 5.32 Å². The SMILES string of the molecule is O[C@@H]1[C@H](O)[C@H](O)[C@]2(O)CC[C@@H]1N2. The van der Waals surface area contributed by atoms with Crippen LogP contribution in [-0.2, 0) is 0 Å². The van der Waals surface area contributed by atoms with Gasteiger partial charge in [-0.25, -0.2) is 0 Å². The molecule has 0 aliphatic carbocycles. The molecule has 2 aliphatic rings. The summed E-state index contributed by atoms with van der Waals surface area (Å²) in [4.78, 5) is 0. The number of rotatable bonds is 0. The van der Waals surface area contributed by atoms with E-state index in [0.717, 1.165) is 0 Å². The molecule has 5 nitrogen and oxygen atoms in total. The van der Waals surface area contributed by atoms with Crippen LogP contribution >= 0.6 is 0 Å². The first-order valence-electron chi connectivity index (χ1n) is 4.09. The minimum atomic E-state index is -1.40. The van der Waals surface area contributed by atoms with Gasteiger partial charge in [0.15, 0.2) is 0 Å². The topological polar surface area (TPSA) is 93.0 Å². The Balaban J connectivity index is 2.25. The standard InChI is InChI=1S/C7H13NO4/c9-4-3-1-2-7(12,8-3)6(11)5(4)10/h3-6,8-12H,1-2H2/t3-,4-,5-,6-,7+/m0/s1. The van der Waals surface area contributed by atoms with Gasteiger partial charge in [0.25, 0.3) is 0 Å². The van der Waals surface area contributed by atoms with Crippen LogP contribution in [0.25, 0.3) is 0 Å². The molecular formula is C7H13NO4. The molecule has 2 aliphatic heterocycles. The molecule has 70 valence electrons. The fraction of sp³-hybridized carbons (Fsp3) is 1.00. The Morgan fingerprint density at radius 1 is 1.17 bits per heavy atom. The summed E-state index contributed by atoms with van der Waals surface area (Å²) < 4.78 is 0. The Kier molecular flexibility index (Phi) is 1.68. The van der Waals surface area contributed by atoms with E-state index >= 15 is 0 Å². The van der Waals surface area contributed by atoms with E-state index in [1.807, 2.05) is 0 Å². The Hall–Kier alpha value is -0.200. The summed E-state index contributed by atoms with van der Waals surface area (Å²) in [5.41, 5.74) is -1.40. The largest absolute Gasteiger partial charge is 0.389 e. The normalized spacial score (nSPS) is 59.0. The van der Waals surface area contributed by atoms with Crippen molar-refractivity contribution in [3.05, 3.63) is 0 Å². The van der Waals surface area contributed by atoms with E-state index in [1.165, 1.54) is 0 Å². The molecule has 0 aromatic rings. The average Bonchev–Trinajstić information content (AvgIpc) is 2.41. The van der Waals surface area contributed by atoms with Crippen molar-refractivity contribution < 1.29 is 20.4 Å². The highest BCUT2D eigenvalue weighted by molar-refractivity contribution is 5.07. The number of hydrogen-bond donors (Lipinski definition) is 5. The number of nitrogens with one attached hydrogen (secondary N) is 1. The molecule has 0 aromatic heterocycles. The number of aliphatic hydroxyl groups excluding tert-OH is 3. The van der Waals surface area contributed by atoms with Crippen molar-refractivity contribution in [2.24, 2.45) is 0 Å². The lowest BCUT2D eigenvalue weighted by molar-refractivity contribution is -0.186. The molecule has 12 heavy (non-hydrogen) atoms. The molecule has 2 rings (SSSR count). The lowest BCUT2D eigenvalue weighted by Crippen LogP contribution is -2.67. The maximum absolute atomic E-state index is 9.65. The van der Waals surface area contributed by atoms with Crippen molar-refractivity contribution in [1.82, 2.24) is 5.32 Å². The van der Waals surface area contributed by atoms with Crippen molar-refractivity contribution in [1.29, 1.82) is 0 Å². The van der Waals surface area contributed by atoms with Gasteiger partial charge in [-0.3, -0.25) is 5.32 Å². The minimum absolute atomic E-state index is 0.298. The van der Waals surface area contributed by atoms with E-state index in [2.05, 4.69) is 5.32 Å². The minimum Gasteiger partial charge on any atom is -0.389 e. The van der Waals surface area contributed by atoms with Crippen LogP contribution in [0, 0.1) is 0 Å². The molecule has 5 heteroatoms. The van der Waals surface area contributed by atoms with Crippen LogP contribution in [0.1, 0.15) is 12.8 Å². The summed E-state index contributed by atoms with van der Waals surface area (Å²) in [6.45, 7) is 0. The smallest absolute Gasteiger partial charge is 0.145 e. The van der Waals surface area contributed by atoms with Gasteiger partial charge < -0.3 is 20.4 Å². The highest BCUT2D eigenvalue weighted by atomic mass is 16.4. The third kappa shape index (κ3) is 0.915. The highest BCUT2D eigenvalue weighted by Gasteiger charge is 2.55. The molecule has 2 fully saturated rings. The van der Waals surface area contributed by atoms with Crippen LogP contribution in [-0.4, -0.2) is 50.5 Å². The van der Waals surface area contributed by atoms with Gasteiger partial charge in [-0.2, -0.15) is 0 Å². The monoisotopic (exact) mass is 175 g/mol. The van der Waals surface area contributed by atoms with Gasteiger partial charge in [-0.05, 0) is 12.8 Å². The molecule has 0 saturated carbocycles. The molecule has 0 amide bonds. The molecule has 5 N–H and O–H groups in total. The third-order valence-corrected chi connectivity index (χ3v) is 2.85. The Bertz CT molecular complexity index is 200. The predicted molar refractivity (Wildman–Crippen MR) is 39.1 cm³/mol. The van der Waals surface area contributed by atoms with Crippen molar-refractivity contribution in [2.75, 3.05) is 0 Å². The zero-order valence-corrected chi connectivity index (χ0v) is 6.51. The Morgan fingerprint density at radius 3 is 2.50 bits per heavy atom. The zero-order chi connectivity index (χ0) is 8.93. The van der Waals surface area contributed by atoms with Crippen molar-refractivity contribution >= 4 is 0 Å². The van der Waals surface area contributed by atoms with Crippen molar-refractivity contribution in [2.45, 2.75) is 42.9 Å². The third-order valence-electron chi connectivity index (χ3n) is 2.85. The van der Waals surface area contributed by atoms with E-state index in [9.17, 15) is 20.4 Å². The first-order valence-corrected chi connectivity index (χ1v) is 4.09. The number of aliphatic hydroxyl groups is 4. The molecule has 0 radical (unpaired) electrons.